The van der Waals surface area contributed by atoms with Gasteiger partial charge in [-0.3, -0.25) is 4.98 Å². The van der Waals surface area contributed by atoms with Gasteiger partial charge in [-0.25, -0.2) is 0 Å². The van der Waals surface area contributed by atoms with Gasteiger partial charge in [0.15, 0.2) is 11.5 Å². The fraction of sp³-hybridized carbons (Fsp3) is 0.312. The Morgan fingerprint density at radius 1 is 1.24 bits per heavy atom. The maximum absolute atomic E-state index is 9.70. The lowest BCUT2D eigenvalue weighted by Crippen LogP contribution is -2.22. The van der Waals surface area contributed by atoms with Crippen molar-refractivity contribution in [3.8, 4) is 11.5 Å². The second-order valence-electron chi connectivity index (χ2n) is 4.80. The number of aromatic nitrogens is 1. The molecule has 0 atom stereocenters. The average molecular weight is 287 g/mol. The number of phenolic OH excluding ortho intramolecular Hbond substituents is 1. The molecular formula is C16H21N3O2. The van der Waals surface area contributed by atoms with E-state index in [1.165, 1.54) is 0 Å². The summed E-state index contributed by atoms with van der Waals surface area (Å²) in [5.74, 6) is 0.663. The first-order chi connectivity index (χ1) is 10.2. The van der Waals surface area contributed by atoms with Gasteiger partial charge in [0.05, 0.1) is 7.11 Å². The average Bonchev–Trinajstić information content (AvgIpc) is 2.49. The van der Waals surface area contributed by atoms with Crippen molar-refractivity contribution >= 4 is 5.69 Å². The van der Waals surface area contributed by atoms with Gasteiger partial charge in [-0.15, -0.1) is 0 Å². The minimum absolute atomic E-state index is 0.169. The standard InChI is InChI=1S/C16H21N3O2/c1-12-10-17-6-5-14(12)19-8-7-18-11-13-3-4-16(21-2)15(20)9-13/h3-6,9-10,18,20H,7-8,11H2,1-2H3,(H,17,19). The summed E-state index contributed by atoms with van der Waals surface area (Å²) in [6.45, 7) is 4.39. The second kappa shape index (κ2) is 7.50. The highest BCUT2D eigenvalue weighted by atomic mass is 16.5. The van der Waals surface area contributed by atoms with Gasteiger partial charge >= 0.3 is 0 Å². The smallest absolute Gasteiger partial charge is 0.160 e. The molecule has 2 aromatic rings. The zero-order valence-electron chi connectivity index (χ0n) is 12.4. The summed E-state index contributed by atoms with van der Waals surface area (Å²) in [6.07, 6.45) is 3.62. The Morgan fingerprint density at radius 2 is 2.10 bits per heavy atom. The predicted octanol–water partition coefficient (Wildman–Crippen LogP) is 2.31. The van der Waals surface area contributed by atoms with Crippen LogP contribution in [0.15, 0.2) is 36.7 Å². The van der Waals surface area contributed by atoms with Crippen molar-refractivity contribution in [3.63, 3.8) is 0 Å². The molecule has 2 rings (SSSR count). The molecule has 0 fully saturated rings. The summed E-state index contributed by atoms with van der Waals surface area (Å²) in [7, 11) is 1.54. The zero-order chi connectivity index (χ0) is 15.1. The molecule has 5 nitrogen and oxygen atoms in total. The summed E-state index contributed by atoms with van der Waals surface area (Å²) >= 11 is 0. The molecule has 5 heteroatoms. The Bertz CT molecular complexity index is 587. The number of aromatic hydroxyl groups is 1. The Balaban J connectivity index is 1.73. The summed E-state index contributed by atoms with van der Waals surface area (Å²) in [5, 5.41) is 16.4. The highest BCUT2D eigenvalue weighted by Gasteiger charge is 2.02. The number of methoxy groups -OCH3 is 1. The van der Waals surface area contributed by atoms with Crippen molar-refractivity contribution < 1.29 is 9.84 Å². The number of rotatable bonds is 7. The normalized spacial score (nSPS) is 10.4. The monoisotopic (exact) mass is 287 g/mol. The van der Waals surface area contributed by atoms with Crippen molar-refractivity contribution in [2.75, 3.05) is 25.5 Å². The number of aryl methyl sites for hydroxylation is 1. The van der Waals surface area contributed by atoms with Crippen LogP contribution in [0, 0.1) is 6.92 Å². The number of hydrogen-bond donors (Lipinski definition) is 3. The number of nitrogens with zero attached hydrogens (tertiary/aromatic N) is 1. The Hall–Kier alpha value is -2.27. The van der Waals surface area contributed by atoms with Crippen molar-refractivity contribution in [1.82, 2.24) is 10.3 Å². The van der Waals surface area contributed by atoms with E-state index in [-0.39, 0.29) is 5.75 Å². The van der Waals surface area contributed by atoms with Gasteiger partial charge in [-0.1, -0.05) is 6.07 Å². The van der Waals surface area contributed by atoms with Crippen LogP contribution in [0.4, 0.5) is 5.69 Å². The third-order valence-corrected chi connectivity index (χ3v) is 3.21. The van der Waals surface area contributed by atoms with Crippen LogP contribution in [-0.2, 0) is 6.54 Å². The lowest BCUT2D eigenvalue weighted by atomic mass is 10.2. The molecule has 0 aliphatic carbocycles. The molecule has 0 spiro atoms. The molecule has 1 heterocycles. The van der Waals surface area contributed by atoms with E-state index in [1.54, 1.807) is 25.4 Å². The van der Waals surface area contributed by atoms with Gasteiger partial charge in [0.1, 0.15) is 0 Å². The summed E-state index contributed by atoms with van der Waals surface area (Å²) in [5.41, 5.74) is 3.26. The van der Waals surface area contributed by atoms with Crippen LogP contribution >= 0.6 is 0 Å². The van der Waals surface area contributed by atoms with Crippen molar-refractivity contribution in [2.24, 2.45) is 0 Å². The van der Waals surface area contributed by atoms with E-state index in [4.69, 9.17) is 4.74 Å². The van der Waals surface area contributed by atoms with Crippen LogP contribution in [0.5, 0.6) is 11.5 Å². The van der Waals surface area contributed by atoms with Gasteiger partial charge < -0.3 is 20.5 Å². The fourth-order valence-corrected chi connectivity index (χ4v) is 2.04. The molecule has 0 radical (unpaired) electrons. The minimum atomic E-state index is 0.169. The van der Waals surface area contributed by atoms with E-state index in [2.05, 4.69) is 15.6 Å². The summed E-state index contributed by atoms with van der Waals surface area (Å²) in [4.78, 5) is 4.06. The van der Waals surface area contributed by atoms with Crippen LogP contribution < -0.4 is 15.4 Å². The summed E-state index contributed by atoms with van der Waals surface area (Å²) in [6, 6.07) is 7.39. The van der Waals surface area contributed by atoms with Gasteiger partial charge in [0.2, 0.25) is 0 Å². The number of pyridine rings is 1. The summed E-state index contributed by atoms with van der Waals surface area (Å²) < 4.78 is 5.02. The van der Waals surface area contributed by atoms with E-state index < -0.39 is 0 Å². The molecule has 1 aromatic carbocycles. The van der Waals surface area contributed by atoms with Crippen molar-refractivity contribution in [2.45, 2.75) is 13.5 Å². The maximum atomic E-state index is 9.70. The molecule has 21 heavy (non-hydrogen) atoms. The van der Waals surface area contributed by atoms with Crippen molar-refractivity contribution in [3.05, 3.63) is 47.8 Å². The van der Waals surface area contributed by atoms with E-state index in [0.29, 0.717) is 12.3 Å². The number of ether oxygens (including phenoxy) is 1. The predicted molar refractivity (Wildman–Crippen MR) is 83.8 cm³/mol. The highest BCUT2D eigenvalue weighted by molar-refractivity contribution is 5.48. The number of hydrogen-bond acceptors (Lipinski definition) is 5. The Kier molecular flexibility index (Phi) is 5.40. The van der Waals surface area contributed by atoms with Crippen LogP contribution in [0.25, 0.3) is 0 Å². The molecule has 0 aliphatic rings. The van der Waals surface area contributed by atoms with Crippen LogP contribution in [0.2, 0.25) is 0 Å². The van der Waals surface area contributed by atoms with Gasteiger partial charge in [-0.05, 0) is 36.2 Å². The number of anilines is 1. The molecule has 112 valence electrons. The molecule has 0 aliphatic heterocycles. The molecule has 1 aromatic heterocycles. The molecule has 3 N–H and O–H groups in total. The topological polar surface area (TPSA) is 66.4 Å². The lowest BCUT2D eigenvalue weighted by Gasteiger charge is -2.10. The van der Waals surface area contributed by atoms with Crippen LogP contribution in [0.1, 0.15) is 11.1 Å². The first kappa shape index (κ1) is 15.1. The number of benzene rings is 1. The van der Waals surface area contributed by atoms with Gasteiger partial charge in [0, 0.05) is 37.7 Å². The van der Waals surface area contributed by atoms with E-state index >= 15 is 0 Å². The first-order valence-corrected chi connectivity index (χ1v) is 6.92. The molecule has 0 saturated carbocycles. The Morgan fingerprint density at radius 3 is 2.81 bits per heavy atom. The largest absolute Gasteiger partial charge is 0.504 e. The number of nitrogens with one attached hydrogen (secondary N) is 2. The molecule has 0 unspecified atom stereocenters. The number of phenols is 1. The highest BCUT2D eigenvalue weighted by Crippen LogP contribution is 2.25. The second-order valence-corrected chi connectivity index (χ2v) is 4.80. The van der Waals surface area contributed by atoms with E-state index in [1.807, 2.05) is 25.3 Å². The quantitative estimate of drug-likeness (QED) is 0.682. The maximum Gasteiger partial charge on any atom is 0.160 e. The fourth-order valence-electron chi connectivity index (χ4n) is 2.04. The third kappa shape index (κ3) is 4.36. The van der Waals surface area contributed by atoms with E-state index in [9.17, 15) is 5.11 Å². The van der Waals surface area contributed by atoms with E-state index in [0.717, 1.165) is 29.9 Å². The first-order valence-electron chi connectivity index (χ1n) is 6.92. The molecule has 0 amide bonds. The Labute approximate surface area is 125 Å². The minimum Gasteiger partial charge on any atom is -0.504 e. The SMILES string of the molecule is COc1ccc(CNCCNc2ccncc2C)cc1O. The molecular weight excluding hydrogens is 266 g/mol. The van der Waals surface area contributed by atoms with Gasteiger partial charge in [0.25, 0.3) is 0 Å². The molecule has 0 bridgehead atoms. The molecule has 0 saturated heterocycles. The van der Waals surface area contributed by atoms with Crippen LogP contribution in [-0.4, -0.2) is 30.3 Å². The zero-order valence-corrected chi connectivity index (χ0v) is 12.4. The van der Waals surface area contributed by atoms with Gasteiger partial charge in [-0.2, -0.15) is 0 Å². The third-order valence-electron chi connectivity index (χ3n) is 3.21. The van der Waals surface area contributed by atoms with Crippen molar-refractivity contribution in [1.29, 1.82) is 0 Å². The van der Waals surface area contributed by atoms with Crippen LogP contribution in [0.3, 0.4) is 0 Å². The lowest BCUT2D eigenvalue weighted by molar-refractivity contribution is 0.373.